The molecule has 0 radical (unpaired) electrons. The van der Waals surface area contributed by atoms with Gasteiger partial charge in [-0.2, -0.15) is 0 Å². The highest BCUT2D eigenvalue weighted by molar-refractivity contribution is 7.25. The molecule has 0 saturated carbocycles. The lowest BCUT2D eigenvalue weighted by molar-refractivity contribution is 1.17. The highest BCUT2D eigenvalue weighted by Gasteiger charge is 2.21. The minimum atomic E-state index is 1.17. The van der Waals surface area contributed by atoms with Crippen molar-refractivity contribution in [3.63, 3.8) is 0 Å². The summed E-state index contributed by atoms with van der Waals surface area (Å²) >= 11 is 1.87. The Bertz CT molecular complexity index is 2760. The van der Waals surface area contributed by atoms with Crippen LogP contribution in [0.3, 0.4) is 0 Å². The van der Waals surface area contributed by atoms with Crippen LogP contribution in [0.5, 0.6) is 0 Å². The highest BCUT2D eigenvalue weighted by Crippen LogP contribution is 2.43. The van der Waals surface area contributed by atoms with Crippen molar-refractivity contribution in [1.29, 1.82) is 0 Å². The molecule has 0 aliphatic heterocycles. The predicted molar refractivity (Wildman–Crippen MR) is 193 cm³/mol. The zero-order valence-corrected chi connectivity index (χ0v) is 25.1. The number of fused-ring (bicyclic) bond motifs is 10. The number of para-hydroxylation sites is 2. The molecule has 0 unspecified atom stereocenters. The van der Waals surface area contributed by atoms with Crippen molar-refractivity contribution in [2.75, 3.05) is 0 Å². The van der Waals surface area contributed by atoms with Crippen molar-refractivity contribution in [1.82, 2.24) is 9.13 Å². The van der Waals surface area contributed by atoms with E-state index in [1.54, 1.807) is 0 Å². The summed E-state index contributed by atoms with van der Waals surface area (Å²) in [5, 5.41) is 7.77. The van der Waals surface area contributed by atoms with E-state index in [2.05, 4.69) is 167 Å². The third kappa shape index (κ3) is 3.56. The summed E-state index contributed by atoms with van der Waals surface area (Å²) in [6.07, 6.45) is 0. The lowest BCUT2D eigenvalue weighted by Gasteiger charge is -2.11. The summed E-state index contributed by atoms with van der Waals surface area (Å²) in [5.41, 5.74) is 9.68. The first-order valence-electron chi connectivity index (χ1n) is 15.4. The standard InChI is InChI=1S/C42H26N2S/c1-2-11-27(12-3-1)28-13-10-14-29(25-28)43-35-18-7-4-16-32(35)41-37(43)22-23-38-42(41)33-17-5-8-19-36(33)44(38)30-21-24-40-34(26-30)31-15-6-9-20-39(31)45-40/h1-26H. The summed E-state index contributed by atoms with van der Waals surface area (Å²) < 4.78 is 7.55. The summed E-state index contributed by atoms with van der Waals surface area (Å²) in [5.74, 6) is 0. The number of hydrogen-bond acceptors (Lipinski definition) is 1. The second kappa shape index (κ2) is 9.43. The van der Waals surface area contributed by atoms with Gasteiger partial charge in [0.1, 0.15) is 0 Å². The molecule has 10 rings (SSSR count). The van der Waals surface area contributed by atoms with E-state index in [0.29, 0.717) is 0 Å². The van der Waals surface area contributed by atoms with E-state index in [1.807, 2.05) is 11.3 Å². The molecule has 10 aromatic rings. The number of rotatable bonds is 3. The fourth-order valence-corrected chi connectivity index (χ4v) is 8.47. The van der Waals surface area contributed by atoms with Crippen LogP contribution in [0.1, 0.15) is 0 Å². The molecule has 0 saturated heterocycles. The molecule has 2 nitrogen and oxygen atoms in total. The number of nitrogens with zero attached hydrogens (tertiary/aromatic N) is 2. The molecule has 3 heteroatoms. The van der Waals surface area contributed by atoms with Gasteiger partial charge in [-0.05, 0) is 71.8 Å². The van der Waals surface area contributed by atoms with E-state index in [-0.39, 0.29) is 0 Å². The number of hydrogen-bond donors (Lipinski definition) is 0. The molecule has 210 valence electrons. The average molecular weight is 591 g/mol. The van der Waals surface area contributed by atoms with Gasteiger partial charge in [-0.3, -0.25) is 0 Å². The number of benzene rings is 7. The largest absolute Gasteiger partial charge is 0.309 e. The molecule has 7 aromatic carbocycles. The smallest absolute Gasteiger partial charge is 0.0548 e. The van der Waals surface area contributed by atoms with Crippen LogP contribution in [0.25, 0.3) is 86.3 Å². The minimum absolute atomic E-state index is 1.17. The van der Waals surface area contributed by atoms with E-state index < -0.39 is 0 Å². The second-order valence-electron chi connectivity index (χ2n) is 11.8. The molecule has 45 heavy (non-hydrogen) atoms. The summed E-state index contributed by atoms with van der Waals surface area (Å²) in [7, 11) is 0. The molecule has 0 spiro atoms. The maximum atomic E-state index is 2.46. The quantitative estimate of drug-likeness (QED) is 0.194. The molecular formula is C42H26N2S. The van der Waals surface area contributed by atoms with Gasteiger partial charge in [0.2, 0.25) is 0 Å². The Morgan fingerprint density at radius 1 is 0.333 bits per heavy atom. The summed E-state index contributed by atoms with van der Waals surface area (Å²) in [4.78, 5) is 0. The van der Waals surface area contributed by atoms with E-state index in [0.717, 1.165) is 0 Å². The van der Waals surface area contributed by atoms with Crippen LogP contribution in [-0.4, -0.2) is 9.13 Å². The predicted octanol–water partition coefficient (Wildman–Crippen LogP) is 11.9. The van der Waals surface area contributed by atoms with Crippen molar-refractivity contribution < 1.29 is 0 Å². The van der Waals surface area contributed by atoms with E-state index >= 15 is 0 Å². The van der Waals surface area contributed by atoms with Gasteiger partial charge in [-0.25, -0.2) is 0 Å². The van der Waals surface area contributed by atoms with E-state index in [1.165, 1.54) is 86.3 Å². The Kier molecular flexibility index (Phi) is 5.19. The van der Waals surface area contributed by atoms with Crippen LogP contribution in [-0.2, 0) is 0 Å². The molecule has 3 aromatic heterocycles. The number of thiophene rings is 1. The van der Waals surface area contributed by atoms with Crippen LogP contribution in [0, 0.1) is 0 Å². The molecule has 0 bridgehead atoms. The average Bonchev–Trinajstić information content (AvgIpc) is 3.76. The first-order chi connectivity index (χ1) is 22.3. The van der Waals surface area contributed by atoms with Gasteiger partial charge in [0.25, 0.3) is 0 Å². The van der Waals surface area contributed by atoms with Gasteiger partial charge in [0.15, 0.2) is 0 Å². The Morgan fingerprint density at radius 2 is 0.889 bits per heavy atom. The van der Waals surface area contributed by atoms with Crippen LogP contribution in [0.2, 0.25) is 0 Å². The Morgan fingerprint density at radius 3 is 1.60 bits per heavy atom. The number of aromatic nitrogens is 2. The molecule has 3 heterocycles. The molecule has 0 atom stereocenters. The minimum Gasteiger partial charge on any atom is -0.309 e. The third-order valence-electron chi connectivity index (χ3n) is 9.30. The maximum Gasteiger partial charge on any atom is 0.0548 e. The van der Waals surface area contributed by atoms with Gasteiger partial charge < -0.3 is 9.13 Å². The lowest BCUT2D eigenvalue weighted by Crippen LogP contribution is -1.95. The SMILES string of the molecule is c1ccc(-c2cccc(-n3c4ccccc4c4c5c6ccccc6n(-c6ccc7sc8ccccc8c7c6)c5ccc43)c2)cc1. The Labute approximate surface area is 263 Å². The Balaban J connectivity index is 1.30. The third-order valence-corrected chi connectivity index (χ3v) is 10.5. The first-order valence-corrected chi connectivity index (χ1v) is 16.2. The zero-order chi connectivity index (χ0) is 29.5. The van der Waals surface area contributed by atoms with Crippen molar-refractivity contribution >= 4 is 75.1 Å². The molecule has 0 aliphatic carbocycles. The summed E-state index contributed by atoms with van der Waals surface area (Å²) in [6, 6.07) is 57.6. The fourth-order valence-electron chi connectivity index (χ4n) is 7.38. The molecule has 0 aliphatic rings. The second-order valence-corrected chi connectivity index (χ2v) is 12.8. The van der Waals surface area contributed by atoms with Crippen molar-refractivity contribution in [2.45, 2.75) is 0 Å². The lowest BCUT2D eigenvalue weighted by atomic mass is 10.0. The van der Waals surface area contributed by atoms with Crippen molar-refractivity contribution in [2.24, 2.45) is 0 Å². The van der Waals surface area contributed by atoms with Crippen LogP contribution >= 0.6 is 11.3 Å². The maximum absolute atomic E-state index is 2.46. The van der Waals surface area contributed by atoms with Crippen molar-refractivity contribution in [3.8, 4) is 22.5 Å². The molecule has 0 N–H and O–H groups in total. The van der Waals surface area contributed by atoms with Gasteiger partial charge in [0, 0.05) is 53.1 Å². The molecule has 0 fully saturated rings. The van der Waals surface area contributed by atoms with Gasteiger partial charge in [-0.1, -0.05) is 97.1 Å². The topological polar surface area (TPSA) is 9.86 Å². The van der Waals surface area contributed by atoms with Gasteiger partial charge in [-0.15, -0.1) is 11.3 Å². The first kappa shape index (κ1) is 24.8. The highest BCUT2D eigenvalue weighted by atomic mass is 32.1. The Hall–Kier alpha value is -5.64. The molecular weight excluding hydrogens is 565 g/mol. The van der Waals surface area contributed by atoms with E-state index in [4.69, 9.17) is 0 Å². The van der Waals surface area contributed by atoms with Gasteiger partial charge >= 0.3 is 0 Å². The fraction of sp³-hybridized carbons (Fsp3) is 0. The summed E-state index contributed by atoms with van der Waals surface area (Å²) in [6.45, 7) is 0. The van der Waals surface area contributed by atoms with Crippen LogP contribution in [0.4, 0.5) is 0 Å². The monoisotopic (exact) mass is 590 g/mol. The molecule has 0 amide bonds. The normalized spacial score (nSPS) is 12.0. The van der Waals surface area contributed by atoms with Crippen LogP contribution < -0.4 is 0 Å². The van der Waals surface area contributed by atoms with E-state index in [9.17, 15) is 0 Å². The van der Waals surface area contributed by atoms with Crippen LogP contribution in [0.15, 0.2) is 158 Å². The zero-order valence-electron chi connectivity index (χ0n) is 24.3. The van der Waals surface area contributed by atoms with Crippen molar-refractivity contribution in [3.05, 3.63) is 158 Å². The van der Waals surface area contributed by atoms with Gasteiger partial charge in [0.05, 0.1) is 22.1 Å².